The summed E-state index contributed by atoms with van der Waals surface area (Å²) in [7, 11) is 0. The van der Waals surface area contributed by atoms with Gasteiger partial charge in [-0.1, -0.05) is 11.3 Å². The highest BCUT2D eigenvalue weighted by molar-refractivity contribution is 7.80. The number of aromatic nitrogens is 1. The lowest BCUT2D eigenvalue weighted by atomic mass is 10.3. The largest absolute Gasteiger partial charge is 0.378 e. The second-order valence-electron chi connectivity index (χ2n) is 4.76. The molecule has 1 fully saturated rings. The molecule has 1 aromatic heterocycles. The molecule has 1 aliphatic rings. The Labute approximate surface area is 133 Å². The molecule has 7 heteroatoms. The van der Waals surface area contributed by atoms with Crippen LogP contribution in [0.25, 0.3) is 10.2 Å². The third-order valence-electron chi connectivity index (χ3n) is 3.25. The number of thiazole rings is 1. The van der Waals surface area contributed by atoms with E-state index >= 15 is 0 Å². The van der Waals surface area contributed by atoms with Crippen LogP contribution in [0.2, 0.25) is 0 Å². The van der Waals surface area contributed by atoms with E-state index in [1.165, 1.54) is 4.70 Å². The third-order valence-corrected chi connectivity index (χ3v) is 4.58. The summed E-state index contributed by atoms with van der Waals surface area (Å²) >= 11 is 6.92. The lowest BCUT2D eigenvalue weighted by Gasteiger charge is -2.25. The van der Waals surface area contributed by atoms with E-state index in [2.05, 4.69) is 21.6 Å². The van der Waals surface area contributed by atoms with Crippen molar-refractivity contribution < 1.29 is 4.74 Å². The zero-order valence-corrected chi connectivity index (χ0v) is 13.5. The molecule has 112 valence electrons. The smallest absolute Gasteiger partial charge is 0.186 e. The van der Waals surface area contributed by atoms with Crippen LogP contribution in [0.5, 0.6) is 0 Å². The predicted molar refractivity (Wildman–Crippen MR) is 92.5 cm³/mol. The second-order valence-corrected chi connectivity index (χ2v) is 6.18. The van der Waals surface area contributed by atoms with Crippen LogP contribution in [-0.2, 0) is 4.74 Å². The van der Waals surface area contributed by atoms with Gasteiger partial charge in [-0.25, -0.2) is 4.98 Å². The zero-order valence-electron chi connectivity index (χ0n) is 11.9. The van der Waals surface area contributed by atoms with E-state index < -0.39 is 0 Å². The number of morpholine rings is 1. The van der Waals surface area contributed by atoms with Gasteiger partial charge in [-0.05, 0) is 37.3 Å². The molecule has 0 saturated carbocycles. The van der Waals surface area contributed by atoms with E-state index in [-0.39, 0.29) is 0 Å². The molecule has 2 aromatic rings. The number of benzene rings is 1. The molecule has 5 nitrogen and oxygen atoms in total. The molecule has 0 atom stereocenters. The topological polar surface area (TPSA) is 49.4 Å². The van der Waals surface area contributed by atoms with Gasteiger partial charge in [0.2, 0.25) is 0 Å². The molecule has 0 spiro atoms. The van der Waals surface area contributed by atoms with Crippen LogP contribution in [0.15, 0.2) is 18.2 Å². The third kappa shape index (κ3) is 3.42. The van der Waals surface area contributed by atoms with E-state index in [9.17, 15) is 0 Å². The SMILES string of the molecule is CCNC(=S)Nc1ccc2nc(N3CCOCC3)sc2c1. The average molecular weight is 322 g/mol. The van der Waals surface area contributed by atoms with Crippen LogP contribution in [0, 0.1) is 0 Å². The van der Waals surface area contributed by atoms with Crippen LogP contribution in [-0.4, -0.2) is 42.9 Å². The Hall–Kier alpha value is -1.44. The van der Waals surface area contributed by atoms with Gasteiger partial charge in [0.1, 0.15) is 0 Å². The molecule has 3 rings (SSSR count). The van der Waals surface area contributed by atoms with Gasteiger partial charge in [0.05, 0.1) is 23.4 Å². The van der Waals surface area contributed by atoms with Crippen molar-refractivity contribution in [2.45, 2.75) is 6.92 Å². The van der Waals surface area contributed by atoms with Gasteiger partial charge in [0.15, 0.2) is 10.2 Å². The minimum absolute atomic E-state index is 0.648. The molecular formula is C14H18N4OS2. The van der Waals surface area contributed by atoms with E-state index in [0.29, 0.717) is 5.11 Å². The molecule has 2 heterocycles. The highest BCUT2D eigenvalue weighted by atomic mass is 32.1. The molecule has 0 bridgehead atoms. The monoisotopic (exact) mass is 322 g/mol. The number of thiocarbonyl (C=S) groups is 1. The molecule has 0 aliphatic carbocycles. The van der Waals surface area contributed by atoms with Crippen molar-refractivity contribution in [3.8, 4) is 0 Å². The molecule has 0 unspecified atom stereocenters. The number of hydrogen-bond donors (Lipinski definition) is 2. The number of anilines is 2. The summed E-state index contributed by atoms with van der Waals surface area (Å²) in [5, 5.41) is 7.99. The van der Waals surface area contributed by atoms with Crippen LogP contribution in [0.3, 0.4) is 0 Å². The number of fused-ring (bicyclic) bond motifs is 1. The summed E-state index contributed by atoms with van der Waals surface area (Å²) in [6.45, 7) is 6.22. The van der Waals surface area contributed by atoms with Gasteiger partial charge in [-0.15, -0.1) is 0 Å². The maximum absolute atomic E-state index is 5.38. The van der Waals surface area contributed by atoms with Crippen molar-refractivity contribution in [3.05, 3.63) is 18.2 Å². The lowest BCUT2D eigenvalue weighted by Crippen LogP contribution is -2.36. The summed E-state index contributed by atoms with van der Waals surface area (Å²) in [4.78, 5) is 6.99. The first-order valence-electron chi connectivity index (χ1n) is 7.04. The molecule has 0 amide bonds. The second kappa shape index (κ2) is 6.55. The Bertz CT molecular complexity index is 637. The molecule has 0 radical (unpaired) electrons. The molecule has 1 aliphatic heterocycles. The molecule has 1 aromatic carbocycles. The van der Waals surface area contributed by atoms with Crippen molar-refractivity contribution >= 4 is 49.7 Å². The van der Waals surface area contributed by atoms with E-state index in [4.69, 9.17) is 21.9 Å². The average Bonchev–Trinajstić information content (AvgIpc) is 2.91. The summed E-state index contributed by atoms with van der Waals surface area (Å²) < 4.78 is 6.55. The van der Waals surface area contributed by atoms with Crippen molar-refractivity contribution in [3.63, 3.8) is 0 Å². The first-order valence-corrected chi connectivity index (χ1v) is 8.27. The Morgan fingerprint density at radius 2 is 2.24 bits per heavy atom. The highest BCUT2D eigenvalue weighted by Crippen LogP contribution is 2.31. The molecule has 21 heavy (non-hydrogen) atoms. The molecular weight excluding hydrogens is 304 g/mol. The zero-order chi connectivity index (χ0) is 14.7. The summed E-state index contributed by atoms with van der Waals surface area (Å²) in [6.07, 6.45) is 0. The number of rotatable bonds is 3. The van der Waals surface area contributed by atoms with Crippen molar-refractivity contribution in [2.24, 2.45) is 0 Å². The van der Waals surface area contributed by atoms with Gasteiger partial charge in [-0.3, -0.25) is 0 Å². The Morgan fingerprint density at radius 1 is 1.43 bits per heavy atom. The Balaban J connectivity index is 1.79. The van der Waals surface area contributed by atoms with Crippen molar-refractivity contribution in [1.29, 1.82) is 0 Å². The lowest BCUT2D eigenvalue weighted by molar-refractivity contribution is 0.122. The summed E-state index contributed by atoms with van der Waals surface area (Å²) in [5.74, 6) is 0. The first-order chi connectivity index (χ1) is 10.3. The summed E-state index contributed by atoms with van der Waals surface area (Å²) in [6, 6.07) is 6.14. The summed E-state index contributed by atoms with van der Waals surface area (Å²) in [5.41, 5.74) is 2.02. The number of nitrogens with zero attached hydrogens (tertiary/aromatic N) is 2. The standard InChI is InChI=1S/C14H18N4OS2/c1-2-15-13(20)16-10-3-4-11-12(9-10)21-14(17-11)18-5-7-19-8-6-18/h3-4,9H,2,5-8H2,1H3,(H2,15,16,20). The van der Waals surface area contributed by atoms with Gasteiger partial charge in [-0.2, -0.15) is 0 Å². The maximum atomic E-state index is 5.38. The van der Waals surface area contributed by atoms with Crippen LogP contribution in [0.4, 0.5) is 10.8 Å². The highest BCUT2D eigenvalue weighted by Gasteiger charge is 2.15. The Kier molecular flexibility index (Phi) is 4.52. The van der Waals surface area contributed by atoms with Crippen molar-refractivity contribution in [2.75, 3.05) is 43.1 Å². The van der Waals surface area contributed by atoms with E-state index in [1.54, 1.807) is 11.3 Å². The van der Waals surface area contributed by atoms with E-state index in [0.717, 1.165) is 49.2 Å². The van der Waals surface area contributed by atoms with Crippen LogP contribution < -0.4 is 15.5 Å². The number of ether oxygens (including phenoxy) is 1. The van der Waals surface area contributed by atoms with Crippen LogP contribution in [0.1, 0.15) is 6.92 Å². The first kappa shape index (κ1) is 14.5. The minimum Gasteiger partial charge on any atom is -0.378 e. The van der Waals surface area contributed by atoms with Gasteiger partial charge in [0, 0.05) is 25.3 Å². The number of hydrogen-bond acceptors (Lipinski definition) is 5. The molecule has 2 N–H and O–H groups in total. The maximum Gasteiger partial charge on any atom is 0.186 e. The number of nitrogens with one attached hydrogen (secondary N) is 2. The Morgan fingerprint density at radius 3 is 3.00 bits per heavy atom. The van der Waals surface area contributed by atoms with Crippen molar-refractivity contribution in [1.82, 2.24) is 10.3 Å². The predicted octanol–water partition coefficient (Wildman–Crippen LogP) is 2.44. The van der Waals surface area contributed by atoms with Crippen LogP contribution >= 0.6 is 23.6 Å². The molecule has 1 saturated heterocycles. The quantitative estimate of drug-likeness (QED) is 0.847. The fourth-order valence-corrected chi connectivity index (χ4v) is 3.53. The van der Waals surface area contributed by atoms with Gasteiger partial charge in [0.25, 0.3) is 0 Å². The normalized spacial score (nSPS) is 15.2. The fraction of sp³-hybridized carbons (Fsp3) is 0.429. The minimum atomic E-state index is 0.648. The van der Waals surface area contributed by atoms with E-state index in [1.807, 2.05) is 19.1 Å². The fourth-order valence-electron chi connectivity index (χ4n) is 2.22. The van der Waals surface area contributed by atoms with Gasteiger partial charge < -0.3 is 20.3 Å². The van der Waals surface area contributed by atoms with Gasteiger partial charge >= 0.3 is 0 Å².